The molecule has 1 aromatic carbocycles. The predicted octanol–water partition coefficient (Wildman–Crippen LogP) is 1.73. The molecule has 2 fully saturated rings. The lowest BCUT2D eigenvalue weighted by Gasteiger charge is -2.19. The van der Waals surface area contributed by atoms with Crippen LogP contribution in [0.25, 0.3) is 0 Å². The summed E-state index contributed by atoms with van der Waals surface area (Å²) in [4.78, 5) is 12.2. The Morgan fingerprint density at radius 3 is 2.76 bits per heavy atom. The third-order valence-corrected chi connectivity index (χ3v) is 4.45. The lowest BCUT2D eigenvalue weighted by molar-refractivity contribution is -0.123. The molecule has 1 amide bonds. The molecular formula is C16H16N2O3. The number of ether oxygens (including phenoxy) is 2. The number of amides is 1. The number of hydrogen-bond acceptors (Lipinski definition) is 4. The maximum absolute atomic E-state index is 12.2. The van der Waals surface area contributed by atoms with Crippen molar-refractivity contribution in [2.24, 2.45) is 5.92 Å². The van der Waals surface area contributed by atoms with E-state index in [0.29, 0.717) is 13.2 Å². The van der Waals surface area contributed by atoms with Crippen LogP contribution in [-0.2, 0) is 4.79 Å². The Morgan fingerprint density at radius 2 is 2.05 bits per heavy atom. The van der Waals surface area contributed by atoms with Crippen molar-refractivity contribution in [3.05, 3.63) is 23.8 Å². The smallest absolute Gasteiger partial charge is 0.224 e. The Bertz CT molecular complexity index is 645. The quantitative estimate of drug-likeness (QED) is 0.917. The minimum atomic E-state index is -0.572. The summed E-state index contributed by atoms with van der Waals surface area (Å²) in [6.07, 6.45) is 2.39. The number of benzene rings is 1. The largest absolute Gasteiger partial charge is 0.486 e. The van der Waals surface area contributed by atoms with Crippen molar-refractivity contribution in [1.82, 2.24) is 5.32 Å². The summed E-state index contributed by atoms with van der Waals surface area (Å²) in [5.41, 5.74) is 0.540. The number of carbonyl (C=O) groups is 1. The Balaban J connectivity index is 1.45. The van der Waals surface area contributed by atoms with Gasteiger partial charge < -0.3 is 14.8 Å². The van der Waals surface area contributed by atoms with E-state index in [1.54, 1.807) is 0 Å². The molecule has 2 aliphatic carbocycles. The van der Waals surface area contributed by atoms with E-state index in [1.165, 1.54) is 0 Å². The number of nitrogens with zero attached hydrogens (tertiary/aromatic N) is 1. The van der Waals surface area contributed by atoms with Crippen LogP contribution in [0.2, 0.25) is 0 Å². The zero-order valence-corrected chi connectivity index (χ0v) is 11.6. The summed E-state index contributed by atoms with van der Waals surface area (Å²) in [7, 11) is 0. The molecule has 1 heterocycles. The minimum Gasteiger partial charge on any atom is -0.486 e. The topological polar surface area (TPSA) is 71.4 Å². The SMILES string of the molecule is N#CC1(NC(=O)[C@H]2C[C@@H]2c2ccc3c(c2)OCCO3)CC1. The van der Waals surface area contributed by atoms with E-state index < -0.39 is 5.54 Å². The summed E-state index contributed by atoms with van der Waals surface area (Å²) in [6.45, 7) is 1.15. The second-order valence-electron chi connectivity index (χ2n) is 6.03. The van der Waals surface area contributed by atoms with Crippen molar-refractivity contribution >= 4 is 5.91 Å². The number of nitriles is 1. The summed E-state index contributed by atoms with van der Waals surface area (Å²) in [6, 6.07) is 8.08. The molecule has 0 spiro atoms. The van der Waals surface area contributed by atoms with Gasteiger partial charge >= 0.3 is 0 Å². The third kappa shape index (κ3) is 2.21. The Morgan fingerprint density at radius 1 is 1.29 bits per heavy atom. The average Bonchev–Trinajstić information content (AvgIpc) is 3.41. The average molecular weight is 284 g/mol. The highest BCUT2D eigenvalue weighted by atomic mass is 16.6. The van der Waals surface area contributed by atoms with Gasteiger partial charge in [0.2, 0.25) is 5.91 Å². The molecule has 5 heteroatoms. The van der Waals surface area contributed by atoms with E-state index in [0.717, 1.165) is 36.3 Å². The van der Waals surface area contributed by atoms with E-state index in [4.69, 9.17) is 14.7 Å². The van der Waals surface area contributed by atoms with Gasteiger partial charge in [0.15, 0.2) is 11.5 Å². The molecule has 108 valence electrons. The van der Waals surface area contributed by atoms with E-state index in [2.05, 4.69) is 11.4 Å². The monoisotopic (exact) mass is 284 g/mol. The normalized spacial score (nSPS) is 27.4. The summed E-state index contributed by atoms with van der Waals surface area (Å²) < 4.78 is 11.1. The van der Waals surface area contributed by atoms with E-state index >= 15 is 0 Å². The Hall–Kier alpha value is -2.22. The molecule has 4 rings (SSSR count). The molecule has 1 aromatic rings. The molecule has 1 aliphatic heterocycles. The van der Waals surface area contributed by atoms with Crippen LogP contribution in [0, 0.1) is 17.2 Å². The molecule has 0 aromatic heterocycles. The molecular weight excluding hydrogens is 268 g/mol. The van der Waals surface area contributed by atoms with Gasteiger partial charge in [0.1, 0.15) is 18.8 Å². The number of rotatable bonds is 3. The van der Waals surface area contributed by atoms with Gasteiger partial charge in [-0.2, -0.15) is 5.26 Å². The number of fused-ring (bicyclic) bond motifs is 1. The van der Waals surface area contributed by atoms with E-state index in [-0.39, 0.29) is 17.7 Å². The lowest BCUT2D eigenvalue weighted by atomic mass is 10.1. The summed E-state index contributed by atoms with van der Waals surface area (Å²) in [5.74, 6) is 1.76. The van der Waals surface area contributed by atoms with Crippen molar-refractivity contribution in [2.75, 3.05) is 13.2 Å². The van der Waals surface area contributed by atoms with Crippen LogP contribution in [0.5, 0.6) is 11.5 Å². The number of carbonyl (C=O) groups excluding carboxylic acids is 1. The minimum absolute atomic E-state index is 0.00828. The third-order valence-electron chi connectivity index (χ3n) is 4.45. The van der Waals surface area contributed by atoms with Crippen LogP contribution in [0.15, 0.2) is 18.2 Å². The first-order chi connectivity index (χ1) is 10.2. The fourth-order valence-electron chi connectivity index (χ4n) is 2.86. The standard InChI is InChI=1S/C16H16N2O3/c17-9-16(3-4-16)18-15(19)12-8-11(12)10-1-2-13-14(7-10)21-6-5-20-13/h1-2,7,11-12H,3-6,8H2,(H,18,19)/t11-,12+/m1/s1. The van der Waals surface area contributed by atoms with Crippen LogP contribution in [0.3, 0.4) is 0 Å². The zero-order chi connectivity index (χ0) is 14.4. The highest BCUT2D eigenvalue weighted by Crippen LogP contribution is 2.50. The molecule has 21 heavy (non-hydrogen) atoms. The van der Waals surface area contributed by atoms with Crippen LogP contribution >= 0.6 is 0 Å². The first-order valence-electron chi connectivity index (χ1n) is 7.34. The highest BCUT2D eigenvalue weighted by molar-refractivity contribution is 5.84. The van der Waals surface area contributed by atoms with Crippen molar-refractivity contribution in [3.8, 4) is 17.6 Å². The van der Waals surface area contributed by atoms with Crippen LogP contribution in [-0.4, -0.2) is 24.7 Å². The van der Waals surface area contributed by atoms with Gasteiger partial charge in [0.25, 0.3) is 0 Å². The van der Waals surface area contributed by atoms with Gasteiger partial charge in [-0.3, -0.25) is 4.79 Å². The molecule has 0 bridgehead atoms. The van der Waals surface area contributed by atoms with Crippen molar-refractivity contribution in [3.63, 3.8) is 0 Å². The van der Waals surface area contributed by atoms with Crippen molar-refractivity contribution < 1.29 is 14.3 Å². The van der Waals surface area contributed by atoms with E-state index in [9.17, 15) is 4.79 Å². The lowest BCUT2D eigenvalue weighted by Crippen LogP contribution is -2.36. The predicted molar refractivity (Wildman–Crippen MR) is 74.0 cm³/mol. The maximum atomic E-state index is 12.2. The number of hydrogen-bond donors (Lipinski definition) is 1. The van der Waals surface area contributed by atoms with Gasteiger partial charge in [-0.25, -0.2) is 0 Å². The van der Waals surface area contributed by atoms with Crippen molar-refractivity contribution in [2.45, 2.75) is 30.7 Å². The van der Waals surface area contributed by atoms with Crippen LogP contribution in [0.4, 0.5) is 0 Å². The van der Waals surface area contributed by atoms with Gasteiger partial charge in [-0.05, 0) is 42.9 Å². The highest BCUT2D eigenvalue weighted by Gasteiger charge is 2.50. The molecule has 0 radical (unpaired) electrons. The molecule has 2 atom stereocenters. The van der Waals surface area contributed by atoms with Gasteiger partial charge in [0, 0.05) is 5.92 Å². The second kappa shape index (κ2) is 4.39. The molecule has 2 saturated carbocycles. The molecule has 0 saturated heterocycles. The van der Waals surface area contributed by atoms with Gasteiger partial charge in [-0.15, -0.1) is 0 Å². The fourth-order valence-corrected chi connectivity index (χ4v) is 2.86. The number of nitrogens with one attached hydrogen (secondary N) is 1. The first kappa shape index (κ1) is 12.5. The molecule has 3 aliphatic rings. The first-order valence-corrected chi connectivity index (χ1v) is 7.34. The Labute approximate surface area is 122 Å². The zero-order valence-electron chi connectivity index (χ0n) is 11.6. The van der Waals surface area contributed by atoms with Crippen molar-refractivity contribution in [1.29, 1.82) is 5.26 Å². The molecule has 1 N–H and O–H groups in total. The Kier molecular flexibility index (Phi) is 2.61. The maximum Gasteiger partial charge on any atom is 0.224 e. The van der Waals surface area contributed by atoms with E-state index in [1.807, 2.05) is 18.2 Å². The van der Waals surface area contributed by atoms with Crippen LogP contribution in [0.1, 0.15) is 30.7 Å². The summed E-state index contributed by atoms with van der Waals surface area (Å²) >= 11 is 0. The van der Waals surface area contributed by atoms with Gasteiger partial charge in [0.05, 0.1) is 6.07 Å². The molecule has 0 unspecified atom stereocenters. The molecule has 5 nitrogen and oxygen atoms in total. The second-order valence-corrected chi connectivity index (χ2v) is 6.03. The summed E-state index contributed by atoms with van der Waals surface area (Å²) in [5, 5.41) is 11.9. The van der Waals surface area contributed by atoms with Crippen LogP contribution < -0.4 is 14.8 Å². The van der Waals surface area contributed by atoms with Gasteiger partial charge in [-0.1, -0.05) is 6.07 Å². The fraction of sp³-hybridized carbons (Fsp3) is 0.500.